The molecule has 7 atom stereocenters. The predicted molar refractivity (Wildman–Crippen MR) is 115 cm³/mol. The molecule has 3 saturated heterocycles. The van der Waals surface area contributed by atoms with Crippen LogP contribution in [0, 0.1) is 11.8 Å². The smallest absolute Gasteiger partial charge is 0.246 e. The lowest BCUT2D eigenvalue weighted by Gasteiger charge is -2.34. The average molecular weight is 488 g/mol. The van der Waals surface area contributed by atoms with Gasteiger partial charge in [0.15, 0.2) is 0 Å². The maximum Gasteiger partial charge on any atom is 0.246 e. The first-order valence-corrected chi connectivity index (χ1v) is 12.0. The van der Waals surface area contributed by atoms with E-state index in [-0.39, 0.29) is 35.2 Å². The fourth-order valence-corrected chi connectivity index (χ4v) is 6.48. The fourth-order valence-electron chi connectivity index (χ4n) is 5.53. The Kier molecular flexibility index (Phi) is 7.45. The van der Waals surface area contributed by atoms with Crippen LogP contribution < -0.4 is 10.6 Å². The van der Waals surface area contributed by atoms with Crippen LogP contribution in [0.4, 0.5) is 0 Å². The van der Waals surface area contributed by atoms with Crippen molar-refractivity contribution in [3.8, 4) is 0 Å². The molecule has 0 saturated carbocycles. The summed E-state index contributed by atoms with van der Waals surface area (Å²) < 4.78 is 6.36. The number of aliphatic hydroxyl groups is 1. The molecule has 3 rings (SSSR count). The predicted octanol–water partition coefficient (Wildman–Crippen LogP) is 0.948. The van der Waals surface area contributed by atoms with Crippen LogP contribution in [0.3, 0.4) is 0 Å². The molecule has 2 bridgehead atoms. The molecule has 0 aromatic carbocycles. The Hall–Kier alpha value is -1.19. The van der Waals surface area contributed by atoms with Crippen molar-refractivity contribution in [3.05, 3.63) is 0 Å². The van der Waals surface area contributed by atoms with E-state index in [2.05, 4.69) is 33.5 Å². The van der Waals surface area contributed by atoms with E-state index < -0.39 is 29.6 Å². The number of unbranched alkanes of at least 4 members (excludes halogenated alkanes) is 2. The average Bonchev–Trinajstić information content (AvgIpc) is 3.28. The maximum atomic E-state index is 13.5. The zero-order chi connectivity index (χ0) is 22.1. The number of aliphatic hydroxyl groups excluding tert-OH is 1. The zero-order valence-corrected chi connectivity index (χ0v) is 19.6. The summed E-state index contributed by atoms with van der Waals surface area (Å²) in [4.78, 5) is 41.2. The molecule has 8 nitrogen and oxygen atoms in total. The van der Waals surface area contributed by atoms with Gasteiger partial charge in [0.25, 0.3) is 0 Å². The first kappa shape index (κ1) is 23.5. The lowest BCUT2D eigenvalue weighted by molar-refractivity contribution is -0.142. The van der Waals surface area contributed by atoms with Gasteiger partial charge in [-0.1, -0.05) is 29.3 Å². The number of amides is 3. The first-order valence-electron chi connectivity index (χ1n) is 11.1. The normalized spacial score (nSPS) is 35.4. The molecule has 0 aliphatic carbocycles. The standard InChI is InChI=1S/C21H34BrN3O5/c1-4-8-12(2)24-19(28)17-21-11-13(22)16(30-21)14(18(27)23-3)15(21)20(29)25(17)9-6-5-7-10-26/h12-17,26H,4-11H2,1-3H3,(H,23,27)(H,24,28)/t12?,13?,14-,15-,16-,17?,21?/m0/s1. The van der Waals surface area contributed by atoms with Gasteiger partial charge in [-0.05, 0) is 39.0 Å². The van der Waals surface area contributed by atoms with Crippen molar-refractivity contribution in [1.29, 1.82) is 0 Å². The number of hydrogen-bond donors (Lipinski definition) is 3. The monoisotopic (exact) mass is 487 g/mol. The molecule has 0 aromatic heterocycles. The summed E-state index contributed by atoms with van der Waals surface area (Å²) in [6, 6.07) is -0.750. The topological polar surface area (TPSA) is 108 Å². The number of halogens is 1. The van der Waals surface area contributed by atoms with E-state index in [0.29, 0.717) is 25.8 Å². The number of nitrogens with zero attached hydrogens (tertiary/aromatic N) is 1. The van der Waals surface area contributed by atoms with Crippen LogP contribution in [0.5, 0.6) is 0 Å². The Morgan fingerprint density at radius 1 is 1.33 bits per heavy atom. The van der Waals surface area contributed by atoms with Crippen LogP contribution >= 0.6 is 15.9 Å². The number of fused-ring (bicyclic) bond motifs is 1. The number of rotatable bonds is 10. The van der Waals surface area contributed by atoms with Crippen LogP contribution in [0.15, 0.2) is 0 Å². The van der Waals surface area contributed by atoms with Crippen LogP contribution in [-0.4, -0.2) is 76.5 Å². The third-order valence-corrected chi connectivity index (χ3v) is 7.60. The van der Waals surface area contributed by atoms with Gasteiger partial charge in [-0.25, -0.2) is 0 Å². The zero-order valence-electron chi connectivity index (χ0n) is 18.0. The molecule has 0 aromatic rings. The molecular weight excluding hydrogens is 454 g/mol. The van der Waals surface area contributed by atoms with Crippen LogP contribution in [0.25, 0.3) is 0 Å². The Balaban J connectivity index is 1.92. The van der Waals surface area contributed by atoms with E-state index in [4.69, 9.17) is 9.84 Å². The minimum Gasteiger partial charge on any atom is -0.396 e. The van der Waals surface area contributed by atoms with Gasteiger partial charge in [-0.15, -0.1) is 0 Å². The van der Waals surface area contributed by atoms with E-state index in [1.165, 1.54) is 0 Å². The third kappa shape index (κ3) is 3.88. The lowest BCUT2D eigenvalue weighted by atomic mass is 9.70. The molecule has 1 spiro atoms. The highest BCUT2D eigenvalue weighted by Crippen LogP contribution is 2.59. The number of carbonyl (C=O) groups excluding carboxylic acids is 3. The summed E-state index contributed by atoms with van der Waals surface area (Å²) in [5.74, 6) is -1.84. The number of carbonyl (C=O) groups is 3. The number of hydrogen-bond acceptors (Lipinski definition) is 5. The minimum atomic E-state index is -0.986. The van der Waals surface area contributed by atoms with Crippen molar-refractivity contribution < 1.29 is 24.2 Å². The third-order valence-electron chi connectivity index (χ3n) is 6.75. The second kappa shape index (κ2) is 9.53. The maximum absolute atomic E-state index is 13.5. The summed E-state index contributed by atoms with van der Waals surface area (Å²) >= 11 is 3.64. The van der Waals surface area contributed by atoms with Gasteiger partial charge in [-0.3, -0.25) is 14.4 Å². The van der Waals surface area contributed by atoms with Crippen molar-refractivity contribution >= 4 is 33.7 Å². The van der Waals surface area contributed by atoms with Crippen LogP contribution in [-0.2, 0) is 19.1 Å². The minimum absolute atomic E-state index is 0.00241. The fraction of sp³-hybridized carbons (Fsp3) is 0.857. The summed E-state index contributed by atoms with van der Waals surface area (Å²) in [7, 11) is 1.56. The summed E-state index contributed by atoms with van der Waals surface area (Å²) in [5, 5.41) is 14.8. The van der Waals surface area contributed by atoms with E-state index in [9.17, 15) is 14.4 Å². The summed E-state index contributed by atoms with van der Waals surface area (Å²) in [6.07, 6.45) is 4.02. The van der Waals surface area contributed by atoms with Crippen molar-refractivity contribution in [3.63, 3.8) is 0 Å². The molecule has 3 aliphatic heterocycles. The Labute approximate surface area is 186 Å². The molecule has 3 heterocycles. The number of alkyl halides is 1. The molecule has 9 heteroatoms. The molecular formula is C21H34BrN3O5. The van der Waals surface area contributed by atoms with Gasteiger partial charge in [-0.2, -0.15) is 0 Å². The molecule has 0 radical (unpaired) electrons. The van der Waals surface area contributed by atoms with Crippen LogP contribution in [0.2, 0.25) is 0 Å². The summed E-state index contributed by atoms with van der Waals surface area (Å²) in [6.45, 7) is 4.55. The molecule has 3 amide bonds. The molecule has 3 N–H and O–H groups in total. The van der Waals surface area contributed by atoms with Crippen molar-refractivity contribution in [1.82, 2.24) is 15.5 Å². The molecule has 4 unspecified atom stereocenters. The highest BCUT2D eigenvalue weighted by atomic mass is 79.9. The van der Waals surface area contributed by atoms with Gasteiger partial charge in [0.05, 0.1) is 17.9 Å². The van der Waals surface area contributed by atoms with Gasteiger partial charge >= 0.3 is 0 Å². The van der Waals surface area contributed by atoms with Crippen molar-refractivity contribution in [2.45, 2.75) is 81.0 Å². The number of nitrogens with one attached hydrogen (secondary N) is 2. The van der Waals surface area contributed by atoms with Gasteiger partial charge in [0.2, 0.25) is 17.7 Å². The van der Waals surface area contributed by atoms with Crippen molar-refractivity contribution in [2.24, 2.45) is 11.8 Å². The highest BCUT2D eigenvalue weighted by Gasteiger charge is 2.76. The quantitative estimate of drug-likeness (QED) is 0.314. The number of ether oxygens (including phenoxy) is 1. The number of likely N-dealkylation sites (tertiary alicyclic amines) is 1. The summed E-state index contributed by atoms with van der Waals surface area (Å²) in [5.41, 5.74) is -0.986. The molecule has 30 heavy (non-hydrogen) atoms. The SMILES string of the molecule is CCCC(C)NC(=O)C1N(CCCCCO)C(=O)[C@@H]2[C@H](C(=O)NC)[C@H]3OC12CC3Br. The first-order chi connectivity index (χ1) is 14.3. The van der Waals surface area contributed by atoms with E-state index in [0.717, 1.165) is 19.3 Å². The molecule has 3 fully saturated rings. The van der Waals surface area contributed by atoms with Gasteiger partial charge in [0, 0.05) is 31.1 Å². The molecule has 170 valence electrons. The van der Waals surface area contributed by atoms with Crippen LogP contribution in [0.1, 0.15) is 52.4 Å². The Morgan fingerprint density at radius 2 is 2.07 bits per heavy atom. The van der Waals surface area contributed by atoms with Crippen molar-refractivity contribution in [2.75, 3.05) is 20.2 Å². The highest BCUT2D eigenvalue weighted by molar-refractivity contribution is 9.09. The second-order valence-corrected chi connectivity index (χ2v) is 9.97. The van der Waals surface area contributed by atoms with E-state index in [1.807, 2.05) is 6.92 Å². The van der Waals surface area contributed by atoms with E-state index in [1.54, 1.807) is 11.9 Å². The van der Waals surface area contributed by atoms with E-state index >= 15 is 0 Å². The molecule has 3 aliphatic rings. The Morgan fingerprint density at radius 3 is 2.70 bits per heavy atom. The Bertz CT molecular complexity index is 677. The largest absolute Gasteiger partial charge is 0.396 e. The van der Waals surface area contributed by atoms with Gasteiger partial charge < -0.3 is 25.4 Å². The van der Waals surface area contributed by atoms with Gasteiger partial charge in [0.1, 0.15) is 11.6 Å². The lowest BCUT2D eigenvalue weighted by Crippen LogP contribution is -2.57. The second-order valence-electron chi connectivity index (χ2n) is 8.79.